The lowest BCUT2D eigenvalue weighted by Crippen LogP contribution is -2.52. The maximum atomic E-state index is 12.4. The standard InChI is InChI=1S/C18H35NO3Si/c1-10-14-13-15(22-23(8,9)18(5,6)7)11-12-19(14)16(20)21-17(2,3)4/h10,14-15H,1,11-13H2,2-9H3/t14-,15-/m0/s1. The molecule has 1 saturated heterocycles. The van der Waals surface area contributed by atoms with Crippen LogP contribution in [0, 0.1) is 0 Å². The Hall–Kier alpha value is -0.813. The summed E-state index contributed by atoms with van der Waals surface area (Å²) in [6, 6.07) is -0.0200. The van der Waals surface area contributed by atoms with Crippen molar-refractivity contribution < 1.29 is 14.0 Å². The molecule has 1 heterocycles. The lowest BCUT2D eigenvalue weighted by Gasteiger charge is -2.44. The van der Waals surface area contributed by atoms with E-state index in [1.54, 1.807) is 4.90 Å². The monoisotopic (exact) mass is 341 g/mol. The van der Waals surface area contributed by atoms with Crippen molar-refractivity contribution in [3.63, 3.8) is 0 Å². The van der Waals surface area contributed by atoms with Gasteiger partial charge in [0.25, 0.3) is 0 Å². The van der Waals surface area contributed by atoms with Gasteiger partial charge in [-0.05, 0) is 51.7 Å². The Labute approximate surface area is 143 Å². The van der Waals surface area contributed by atoms with Crippen LogP contribution in [0.4, 0.5) is 4.79 Å². The minimum Gasteiger partial charge on any atom is -0.444 e. The third kappa shape index (κ3) is 5.64. The summed E-state index contributed by atoms with van der Waals surface area (Å²) in [6.45, 7) is 21.5. The number of likely N-dealkylation sites (tertiary alicyclic amines) is 1. The molecule has 0 spiro atoms. The third-order valence-corrected chi connectivity index (χ3v) is 9.30. The van der Waals surface area contributed by atoms with Gasteiger partial charge in [0.05, 0.1) is 6.04 Å². The predicted molar refractivity (Wildman–Crippen MR) is 98.2 cm³/mol. The van der Waals surface area contributed by atoms with Gasteiger partial charge in [0.2, 0.25) is 0 Å². The number of hydrogen-bond acceptors (Lipinski definition) is 3. The maximum Gasteiger partial charge on any atom is 0.410 e. The van der Waals surface area contributed by atoms with E-state index in [9.17, 15) is 4.79 Å². The number of nitrogens with zero attached hydrogens (tertiary/aromatic N) is 1. The van der Waals surface area contributed by atoms with Crippen LogP contribution in [0.5, 0.6) is 0 Å². The minimum absolute atomic E-state index is 0.0200. The quantitative estimate of drug-likeness (QED) is 0.538. The summed E-state index contributed by atoms with van der Waals surface area (Å²) in [7, 11) is -1.79. The lowest BCUT2D eigenvalue weighted by molar-refractivity contribution is 0.00157. The summed E-state index contributed by atoms with van der Waals surface area (Å²) in [5.74, 6) is 0. The summed E-state index contributed by atoms with van der Waals surface area (Å²) in [5.41, 5.74) is -0.475. The summed E-state index contributed by atoms with van der Waals surface area (Å²) >= 11 is 0. The van der Waals surface area contributed by atoms with Crippen molar-refractivity contribution in [2.45, 2.75) is 90.3 Å². The zero-order valence-corrected chi connectivity index (χ0v) is 17.2. The molecule has 0 aromatic rings. The molecule has 23 heavy (non-hydrogen) atoms. The maximum absolute atomic E-state index is 12.4. The predicted octanol–water partition coefficient (Wildman–Crippen LogP) is 4.96. The smallest absolute Gasteiger partial charge is 0.410 e. The second-order valence-electron chi connectivity index (χ2n) is 9.00. The molecule has 134 valence electrons. The van der Waals surface area contributed by atoms with Crippen LogP contribution in [-0.2, 0) is 9.16 Å². The Balaban J connectivity index is 2.73. The van der Waals surface area contributed by atoms with Crippen LogP contribution in [0.15, 0.2) is 12.7 Å². The molecule has 0 bridgehead atoms. The third-order valence-electron chi connectivity index (χ3n) is 4.76. The van der Waals surface area contributed by atoms with E-state index in [0.717, 1.165) is 12.8 Å². The van der Waals surface area contributed by atoms with Crippen LogP contribution in [0.1, 0.15) is 54.4 Å². The van der Waals surface area contributed by atoms with Gasteiger partial charge in [-0.3, -0.25) is 0 Å². The Morgan fingerprint density at radius 1 is 1.22 bits per heavy atom. The first-order valence-electron chi connectivity index (χ1n) is 8.57. The topological polar surface area (TPSA) is 38.8 Å². The van der Waals surface area contributed by atoms with Gasteiger partial charge >= 0.3 is 6.09 Å². The van der Waals surface area contributed by atoms with Crippen molar-refractivity contribution in [1.82, 2.24) is 4.90 Å². The van der Waals surface area contributed by atoms with Gasteiger partial charge in [0.1, 0.15) is 5.60 Å². The molecular weight excluding hydrogens is 306 g/mol. The van der Waals surface area contributed by atoms with Gasteiger partial charge < -0.3 is 14.1 Å². The van der Waals surface area contributed by atoms with Crippen LogP contribution in [0.2, 0.25) is 18.1 Å². The lowest BCUT2D eigenvalue weighted by atomic mass is 10.00. The highest BCUT2D eigenvalue weighted by Crippen LogP contribution is 2.39. The highest BCUT2D eigenvalue weighted by Gasteiger charge is 2.41. The van der Waals surface area contributed by atoms with Crippen molar-refractivity contribution in [3.05, 3.63) is 12.7 Å². The second-order valence-corrected chi connectivity index (χ2v) is 13.8. The summed E-state index contributed by atoms with van der Waals surface area (Å²) in [6.07, 6.45) is 3.43. The highest BCUT2D eigenvalue weighted by atomic mass is 28.4. The van der Waals surface area contributed by atoms with Crippen LogP contribution < -0.4 is 0 Å². The summed E-state index contributed by atoms with van der Waals surface area (Å²) in [5, 5.41) is 0.193. The molecule has 1 rings (SSSR count). The van der Waals surface area contributed by atoms with Crippen molar-refractivity contribution in [2.75, 3.05) is 6.54 Å². The fraction of sp³-hybridized carbons (Fsp3) is 0.833. The summed E-state index contributed by atoms with van der Waals surface area (Å²) in [4.78, 5) is 14.1. The molecule has 0 aromatic carbocycles. The van der Waals surface area contributed by atoms with E-state index in [2.05, 4.69) is 40.4 Å². The van der Waals surface area contributed by atoms with E-state index >= 15 is 0 Å². The summed E-state index contributed by atoms with van der Waals surface area (Å²) < 4.78 is 12.0. The number of carbonyl (C=O) groups is 1. The normalized spacial score (nSPS) is 23.6. The molecule has 4 nitrogen and oxygen atoms in total. The van der Waals surface area contributed by atoms with E-state index in [1.807, 2.05) is 26.8 Å². The fourth-order valence-corrected chi connectivity index (χ4v) is 3.84. The van der Waals surface area contributed by atoms with Gasteiger partial charge in [-0.25, -0.2) is 4.79 Å². The first kappa shape index (κ1) is 20.2. The molecule has 1 fully saturated rings. The molecule has 0 N–H and O–H groups in total. The van der Waals surface area contributed by atoms with Gasteiger partial charge in [-0.15, -0.1) is 6.58 Å². The Morgan fingerprint density at radius 2 is 1.78 bits per heavy atom. The fourth-order valence-electron chi connectivity index (χ4n) is 2.43. The molecule has 0 radical (unpaired) electrons. The molecular formula is C18H35NO3Si. The van der Waals surface area contributed by atoms with E-state index in [0.29, 0.717) is 6.54 Å². The molecule has 1 amide bonds. The number of amides is 1. The van der Waals surface area contributed by atoms with E-state index in [4.69, 9.17) is 9.16 Å². The molecule has 1 aliphatic heterocycles. The average molecular weight is 342 g/mol. The van der Waals surface area contributed by atoms with Gasteiger partial charge in [-0.2, -0.15) is 0 Å². The van der Waals surface area contributed by atoms with Gasteiger partial charge in [0.15, 0.2) is 8.32 Å². The number of hydrogen-bond donors (Lipinski definition) is 0. The van der Waals surface area contributed by atoms with Crippen LogP contribution in [0.25, 0.3) is 0 Å². The van der Waals surface area contributed by atoms with Crippen molar-refractivity contribution >= 4 is 14.4 Å². The highest BCUT2D eigenvalue weighted by molar-refractivity contribution is 6.74. The SMILES string of the molecule is C=C[C@H]1C[C@@H](O[Si](C)(C)C(C)(C)C)CCN1C(=O)OC(C)(C)C. The Kier molecular flexibility index (Phi) is 6.13. The number of piperidine rings is 1. The van der Waals surface area contributed by atoms with Crippen LogP contribution in [-0.4, -0.2) is 43.6 Å². The van der Waals surface area contributed by atoms with Gasteiger partial charge in [0, 0.05) is 12.6 Å². The molecule has 0 unspecified atom stereocenters. The number of rotatable bonds is 3. The molecule has 5 heteroatoms. The van der Waals surface area contributed by atoms with E-state index in [1.165, 1.54) is 0 Å². The Bertz CT molecular complexity index is 435. The zero-order valence-electron chi connectivity index (χ0n) is 16.2. The van der Waals surface area contributed by atoms with E-state index < -0.39 is 13.9 Å². The van der Waals surface area contributed by atoms with Crippen LogP contribution in [0.3, 0.4) is 0 Å². The molecule has 1 aliphatic rings. The minimum atomic E-state index is -1.79. The largest absolute Gasteiger partial charge is 0.444 e. The molecule has 2 atom stereocenters. The first-order chi connectivity index (χ1) is 10.3. The van der Waals surface area contributed by atoms with Crippen molar-refractivity contribution in [3.8, 4) is 0 Å². The first-order valence-corrected chi connectivity index (χ1v) is 11.5. The Morgan fingerprint density at radius 3 is 2.22 bits per heavy atom. The molecule has 0 aliphatic carbocycles. The van der Waals surface area contributed by atoms with Crippen molar-refractivity contribution in [1.29, 1.82) is 0 Å². The van der Waals surface area contributed by atoms with Crippen molar-refractivity contribution in [2.24, 2.45) is 0 Å². The van der Waals surface area contributed by atoms with Gasteiger partial charge in [-0.1, -0.05) is 26.8 Å². The average Bonchev–Trinajstić information content (AvgIpc) is 2.34. The number of ether oxygens (including phenoxy) is 1. The molecule has 0 saturated carbocycles. The zero-order chi connectivity index (χ0) is 18.1. The second kappa shape index (κ2) is 6.97. The number of carbonyl (C=O) groups excluding carboxylic acids is 1. The van der Waals surface area contributed by atoms with Crippen LogP contribution >= 0.6 is 0 Å². The molecule has 0 aromatic heterocycles. The van der Waals surface area contributed by atoms with E-state index in [-0.39, 0.29) is 23.3 Å².